The summed E-state index contributed by atoms with van der Waals surface area (Å²) < 4.78 is 27.7. The van der Waals surface area contributed by atoms with Crippen LogP contribution in [0.15, 0.2) is 0 Å². The summed E-state index contributed by atoms with van der Waals surface area (Å²) in [6.07, 6.45) is 3.81. The number of esters is 1. The third-order valence-electron chi connectivity index (χ3n) is 3.06. The van der Waals surface area contributed by atoms with Gasteiger partial charge in [-0.05, 0) is 39.5 Å². The molecule has 1 rings (SSSR count). The minimum absolute atomic E-state index is 0.0772. The van der Waals surface area contributed by atoms with E-state index in [1.165, 1.54) is 0 Å². The van der Waals surface area contributed by atoms with Gasteiger partial charge < -0.3 is 4.74 Å². The summed E-state index contributed by atoms with van der Waals surface area (Å²) in [7, 11) is 1.60. The van der Waals surface area contributed by atoms with E-state index < -0.39 is 26.5 Å². The largest absolute Gasteiger partial charge is 0.460 e. The van der Waals surface area contributed by atoms with Gasteiger partial charge in [-0.3, -0.25) is 4.79 Å². The van der Waals surface area contributed by atoms with E-state index in [4.69, 9.17) is 15.4 Å². The average Bonchev–Trinajstić information content (AvgIpc) is 2.61. The molecule has 18 heavy (non-hydrogen) atoms. The monoisotopic (exact) mass is 296 g/mol. The molecule has 0 aliphatic heterocycles. The standard InChI is InChI=1S/C12H21ClO4S/c1-12(2,3)17-11(14)10(8-18(13,15)16)9-6-4-5-7-9/h9-10H,4-8H2,1-3H3/t10-/m1/s1. The molecule has 0 spiro atoms. The van der Waals surface area contributed by atoms with E-state index >= 15 is 0 Å². The van der Waals surface area contributed by atoms with Gasteiger partial charge in [-0.2, -0.15) is 0 Å². The van der Waals surface area contributed by atoms with Crippen LogP contribution in [0.25, 0.3) is 0 Å². The van der Waals surface area contributed by atoms with Crippen molar-refractivity contribution in [2.45, 2.75) is 52.1 Å². The maximum atomic E-state index is 12.1. The van der Waals surface area contributed by atoms with Crippen LogP contribution in [0.3, 0.4) is 0 Å². The third kappa shape index (κ3) is 5.57. The van der Waals surface area contributed by atoms with Crippen molar-refractivity contribution in [3.05, 3.63) is 0 Å². The van der Waals surface area contributed by atoms with Crippen LogP contribution in [0.2, 0.25) is 0 Å². The van der Waals surface area contributed by atoms with Gasteiger partial charge in [0.05, 0.1) is 11.7 Å². The lowest BCUT2D eigenvalue weighted by atomic mass is 9.92. The molecule has 1 saturated carbocycles. The summed E-state index contributed by atoms with van der Waals surface area (Å²) in [5.41, 5.74) is -0.607. The molecule has 0 unspecified atom stereocenters. The Kier molecular flexibility index (Phi) is 5.06. The van der Waals surface area contributed by atoms with Crippen LogP contribution >= 0.6 is 10.7 Å². The highest BCUT2D eigenvalue weighted by Gasteiger charge is 2.36. The minimum Gasteiger partial charge on any atom is -0.460 e. The second-order valence-electron chi connectivity index (χ2n) is 5.89. The normalized spacial score (nSPS) is 19.8. The SMILES string of the molecule is CC(C)(C)OC(=O)[C@H](CS(=O)(=O)Cl)C1CCCC1. The molecular formula is C12H21ClO4S. The van der Waals surface area contributed by atoms with Crippen LogP contribution in [0.1, 0.15) is 46.5 Å². The predicted octanol–water partition coefficient (Wildman–Crippen LogP) is 2.70. The third-order valence-corrected chi connectivity index (χ3v) is 4.19. The molecule has 0 amide bonds. The van der Waals surface area contributed by atoms with Crippen LogP contribution in [-0.2, 0) is 18.6 Å². The quantitative estimate of drug-likeness (QED) is 0.591. The summed E-state index contributed by atoms with van der Waals surface area (Å²) >= 11 is 0. The Balaban J connectivity index is 2.79. The van der Waals surface area contributed by atoms with E-state index in [-0.39, 0.29) is 11.7 Å². The lowest BCUT2D eigenvalue weighted by Gasteiger charge is -2.26. The number of rotatable bonds is 4. The van der Waals surface area contributed by atoms with Gasteiger partial charge in [-0.15, -0.1) is 0 Å². The molecule has 0 N–H and O–H groups in total. The highest BCUT2D eigenvalue weighted by atomic mass is 35.7. The van der Waals surface area contributed by atoms with Gasteiger partial charge in [0.2, 0.25) is 9.05 Å². The molecule has 0 radical (unpaired) electrons. The highest BCUT2D eigenvalue weighted by molar-refractivity contribution is 8.13. The Morgan fingerprint density at radius 3 is 2.22 bits per heavy atom. The molecule has 1 atom stereocenters. The molecule has 1 fully saturated rings. The van der Waals surface area contributed by atoms with Gasteiger partial charge in [0.15, 0.2) is 0 Å². The summed E-state index contributed by atoms with van der Waals surface area (Å²) in [5.74, 6) is -1.32. The van der Waals surface area contributed by atoms with Crippen molar-refractivity contribution >= 4 is 25.7 Å². The molecule has 0 aromatic rings. The van der Waals surface area contributed by atoms with Crippen molar-refractivity contribution in [1.29, 1.82) is 0 Å². The first-order chi connectivity index (χ1) is 8.08. The summed E-state index contributed by atoms with van der Waals surface area (Å²) in [6.45, 7) is 5.31. The average molecular weight is 297 g/mol. The number of halogens is 1. The summed E-state index contributed by atoms with van der Waals surface area (Å²) in [4.78, 5) is 12.1. The molecule has 106 valence electrons. The first-order valence-electron chi connectivity index (χ1n) is 6.24. The molecule has 0 bridgehead atoms. The molecule has 0 aromatic heterocycles. The van der Waals surface area contributed by atoms with Gasteiger partial charge in [0, 0.05) is 10.7 Å². The fraction of sp³-hybridized carbons (Fsp3) is 0.917. The Bertz CT molecular complexity index is 391. The first-order valence-corrected chi connectivity index (χ1v) is 8.71. The van der Waals surface area contributed by atoms with E-state index in [9.17, 15) is 13.2 Å². The number of hydrogen-bond donors (Lipinski definition) is 0. The fourth-order valence-corrected chi connectivity index (χ4v) is 3.59. The Morgan fingerprint density at radius 2 is 1.83 bits per heavy atom. The second-order valence-corrected chi connectivity index (χ2v) is 8.71. The van der Waals surface area contributed by atoms with Gasteiger partial charge in [0.25, 0.3) is 0 Å². The topological polar surface area (TPSA) is 60.4 Å². The van der Waals surface area contributed by atoms with Crippen LogP contribution < -0.4 is 0 Å². The molecule has 6 heteroatoms. The smallest absolute Gasteiger partial charge is 0.310 e. The lowest BCUT2D eigenvalue weighted by molar-refractivity contribution is -0.161. The lowest BCUT2D eigenvalue weighted by Crippen LogP contribution is -2.35. The van der Waals surface area contributed by atoms with Crippen molar-refractivity contribution in [3.8, 4) is 0 Å². The zero-order chi connectivity index (χ0) is 14.0. The van der Waals surface area contributed by atoms with Crippen molar-refractivity contribution in [2.24, 2.45) is 11.8 Å². The number of carbonyl (C=O) groups is 1. The van der Waals surface area contributed by atoms with Gasteiger partial charge in [0.1, 0.15) is 5.60 Å². The Labute approximate surface area is 113 Å². The van der Waals surface area contributed by atoms with E-state index in [0.717, 1.165) is 25.7 Å². The van der Waals surface area contributed by atoms with Crippen molar-refractivity contribution in [1.82, 2.24) is 0 Å². The van der Waals surface area contributed by atoms with Crippen molar-refractivity contribution < 1.29 is 17.9 Å². The van der Waals surface area contributed by atoms with Crippen LogP contribution in [0, 0.1) is 11.8 Å². The predicted molar refractivity (Wildman–Crippen MR) is 70.9 cm³/mol. The number of carbonyl (C=O) groups excluding carboxylic acids is 1. The van der Waals surface area contributed by atoms with Crippen LogP contribution in [0.5, 0.6) is 0 Å². The minimum atomic E-state index is -3.69. The number of hydrogen-bond acceptors (Lipinski definition) is 4. The van der Waals surface area contributed by atoms with Gasteiger partial charge in [-0.25, -0.2) is 8.42 Å². The molecule has 0 aromatic carbocycles. The molecule has 0 heterocycles. The first kappa shape index (κ1) is 15.8. The maximum absolute atomic E-state index is 12.1. The molecule has 1 aliphatic rings. The van der Waals surface area contributed by atoms with Gasteiger partial charge >= 0.3 is 5.97 Å². The zero-order valence-corrected chi connectivity index (χ0v) is 12.7. The summed E-state index contributed by atoms with van der Waals surface area (Å²) in [6, 6.07) is 0. The van der Waals surface area contributed by atoms with Gasteiger partial charge in [-0.1, -0.05) is 12.8 Å². The van der Waals surface area contributed by atoms with Crippen molar-refractivity contribution in [2.75, 3.05) is 5.75 Å². The highest BCUT2D eigenvalue weighted by Crippen LogP contribution is 2.34. The Hall–Kier alpha value is -0.290. The van der Waals surface area contributed by atoms with Crippen LogP contribution in [0.4, 0.5) is 0 Å². The van der Waals surface area contributed by atoms with E-state index in [1.807, 2.05) is 0 Å². The Morgan fingerprint density at radius 1 is 1.33 bits per heavy atom. The van der Waals surface area contributed by atoms with Crippen LogP contribution in [-0.4, -0.2) is 25.7 Å². The van der Waals surface area contributed by atoms with E-state index in [1.54, 1.807) is 20.8 Å². The van der Waals surface area contributed by atoms with E-state index in [2.05, 4.69) is 0 Å². The number of ether oxygens (including phenoxy) is 1. The zero-order valence-electron chi connectivity index (χ0n) is 11.1. The van der Waals surface area contributed by atoms with Crippen molar-refractivity contribution in [3.63, 3.8) is 0 Å². The molecule has 1 aliphatic carbocycles. The second kappa shape index (κ2) is 5.78. The summed E-state index contributed by atoms with van der Waals surface area (Å²) in [5, 5.41) is 0. The van der Waals surface area contributed by atoms with E-state index in [0.29, 0.717) is 0 Å². The molecule has 0 saturated heterocycles. The maximum Gasteiger partial charge on any atom is 0.310 e. The molecule has 4 nitrogen and oxygen atoms in total. The molecular weight excluding hydrogens is 276 g/mol. The fourth-order valence-electron chi connectivity index (χ4n) is 2.35.